The number of anilines is 1. The molecule has 3 rings (SSSR count). The largest absolute Gasteiger partial charge is 0.390 e. The molecule has 0 saturated heterocycles. The van der Waals surface area contributed by atoms with Crippen molar-refractivity contribution in [1.29, 1.82) is 0 Å². The lowest BCUT2D eigenvalue weighted by molar-refractivity contribution is 0.144. The van der Waals surface area contributed by atoms with E-state index in [2.05, 4.69) is 33.2 Å². The Bertz CT molecular complexity index is 675. The first-order valence-electron chi connectivity index (χ1n) is 6.73. The van der Waals surface area contributed by atoms with Crippen molar-refractivity contribution >= 4 is 34.3 Å². The summed E-state index contributed by atoms with van der Waals surface area (Å²) in [5, 5.41) is 15.8. The van der Waals surface area contributed by atoms with E-state index in [0.29, 0.717) is 6.42 Å². The molecule has 0 unspecified atom stereocenters. The number of fused-ring (bicyclic) bond motifs is 1. The van der Waals surface area contributed by atoms with Crippen LogP contribution in [0.1, 0.15) is 17.2 Å². The number of carbonyl (C=O) groups excluding carboxylic acids is 1. The molecule has 0 saturated carbocycles. The van der Waals surface area contributed by atoms with E-state index in [-0.39, 0.29) is 12.1 Å². The lowest BCUT2D eigenvalue weighted by atomic mass is 10.1. The van der Waals surface area contributed by atoms with Gasteiger partial charge in [0.25, 0.3) is 0 Å². The number of carbonyl (C=O) groups is 1. The maximum Gasteiger partial charge on any atom is 0.319 e. The van der Waals surface area contributed by atoms with Crippen molar-refractivity contribution in [2.75, 3.05) is 5.32 Å². The van der Waals surface area contributed by atoms with Gasteiger partial charge in [-0.3, -0.25) is 0 Å². The van der Waals surface area contributed by atoms with Gasteiger partial charge in [-0.15, -0.1) is 0 Å². The second-order valence-electron chi connectivity index (χ2n) is 5.03. The Morgan fingerprint density at radius 3 is 2.67 bits per heavy atom. The van der Waals surface area contributed by atoms with Crippen molar-refractivity contribution in [3.8, 4) is 0 Å². The summed E-state index contributed by atoms with van der Waals surface area (Å²) in [7, 11) is 0. The molecule has 2 aromatic rings. The van der Waals surface area contributed by atoms with Gasteiger partial charge in [0.05, 0.1) is 17.8 Å². The van der Waals surface area contributed by atoms with Gasteiger partial charge in [0, 0.05) is 9.99 Å². The maximum absolute atomic E-state index is 12.1. The fourth-order valence-corrected chi connectivity index (χ4v) is 3.13. The SMILES string of the molecule is O=C(Nc1ccccc1I)N[C@@H]1c2ccccc2C[C@@H]1O. The summed E-state index contributed by atoms with van der Waals surface area (Å²) >= 11 is 2.17. The summed E-state index contributed by atoms with van der Waals surface area (Å²) in [6.07, 6.45) is -0.00716. The Hall–Kier alpha value is -1.60. The van der Waals surface area contributed by atoms with Crippen LogP contribution in [0.3, 0.4) is 0 Å². The maximum atomic E-state index is 12.1. The predicted octanol–water partition coefficient (Wildman–Crippen LogP) is 3.07. The zero-order valence-corrected chi connectivity index (χ0v) is 13.4. The number of para-hydroxylation sites is 1. The van der Waals surface area contributed by atoms with E-state index in [1.54, 1.807) is 0 Å². The molecule has 2 atom stereocenters. The number of aliphatic hydroxyl groups is 1. The molecule has 0 heterocycles. The van der Waals surface area contributed by atoms with Crippen LogP contribution in [-0.4, -0.2) is 17.2 Å². The molecule has 0 aromatic heterocycles. The van der Waals surface area contributed by atoms with Crippen molar-refractivity contribution in [1.82, 2.24) is 5.32 Å². The van der Waals surface area contributed by atoms with Crippen LogP contribution in [0, 0.1) is 3.57 Å². The van der Waals surface area contributed by atoms with E-state index in [0.717, 1.165) is 20.4 Å². The normalized spacial score (nSPS) is 19.9. The third-order valence-electron chi connectivity index (χ3n) is 3.61. The number of halogens is 1. The molecule has 21 heavy (non-hydrogen) atoms. The van der Waals surface area contributed by atoms with E-state index < -0.39 is 6.10 Å². The van der Waals surface area contributed by atoms with Crippen LogP contribution >= 0.6 is 22.6 Å². The second-order valence-corrected chi connectivity index (χ2v) is 6.19. The monoisotopic (exact) mass is 394 g/mol. The minimum Gasteiger partial charge on any atom is -0.390 e. The van der Waals surface area contributed by atoms with Gasteiger partial charge in [0.1, 0.15) is 0 Å². The zero-order chi connectivity index (χ0) is 14.8. The first kappa shape index (κ1) is 14.3. The highest BCUT2D eigenvalue weighted by molar-refractivity contribution is 14.1. The van der Waals surface area contributed by atoms with Crippen molar-refractivity contribution < 1.29 is 9.90 Å². The summed E-state index contributed by atoms with van der Waals surface area (Å²) < 4.78 is 0.970. The molecule has 0 aliphatic heterocycles. The molecular formula is C16H15IN2O2. The summed E-state index contributed by atoms with van der Waals surface area (Å²) in [6.45, 7) is 0. The smallest absolute Gasteiger partial charge is 0.319 e. The first-order chi connectivity index (χ1) is 10.1. The van der Waals surface area contributed by atoms with Crippen LogP contribution in [0.2, 0.25) is 0 Å². The molecule has 3 N–H and O–H groups in total. The number of nitrogens with one attached hydrogen (secondary N) is 2. The van der Waals surface area contributed by atoms with E-state index in [4.69, 9.17) is 0 Å². The van der Waals surface area contributed by atoms with Crippen molar-refractivity contribution in [3.05, 3.63) is 63.2 Å². The minimum atomic E-state index is -0.581. The molecule has 0 spiro atoms. The van der Waals surface area contributed by atoms with Crippen LogP contribution < -0.4 is 10.6 Å². The number of hydrogen-bond acceptors (Lipinski definition) is 2. The standard InChI is InChI=1S/C16H15IN2O2/c17-12-7-3-4-8-13(12)18-16(21)19-15-11-6-2-1-5-10(11)9-14(15)20/h1-8,14-15,20H,9H2,(H2,18,19,21)/t14-,15+/m0/s1. The average Bonchev–Trinajstić information content (AvgIpc) is 2.78. The summed E-state index contributed by atoms with van der Waals surface area (Å²) in [5.74, 6) is 0. The van der Waals surface area contributed by atoms with Gasteiger partial charge in [0.15, 0.2) is 0 Å². The van der Waals surface area contributed by atoms with Gasteiger partial charge < -0.3 is 15.7 Å². The highest BCUT2D eigenvalue weighted by atomic mass is 127. The number of urea groups is 1. The number of amides is 2. The molecule has 108 valence electrons. The van der Waals surface area contributed by atoms with Gasteiger partial charge in [-0.05, 0) is 45.9 Å². The number of hydrogen-bond donors (Lipinski definition) is 3. The number of rotatable bonds is 2. The van der Waals surface area contributed by atoms with Gasteiger partial charge in [0.2, 0.25) is 0 Å². The van der Waals surface area contributed by atoms with E-state index >= 15 is 0 Å². The lowest BCUT2D eigenvalue weighted by Crippen LogP contribution is -2.36. The number of benzene rings is 2. The highest BCUT2D eigenvalue weighted by Crippen LogP contribution is 2.31. The number of aliphatic hydroxyl groups excluding tert-OH is 1. The molecule has 0 bridgehead atoms. The molecular weight excluding hydrogens is 379 g/mol. The van der Waals surface area contributed by atoms with Crippen LogP contribution in [0.4, 0.5) is 10.5 Å². The fourth-order valence-electron chi connectivity index (χ4n) is 2.61. The minimum absolute atomic E-state index is 0.306. The summed E-state index contributed by atoms with van der Waals surface area (Å²) in [5.41, 5.74) is 2.84. The third-order valence-corrected chi connectivity index (χ3v) is 4.55. The van der Waals surface area contributed by atoms with Crippen LogP contribution in [0.5, 0.6) is 0 Å². The molecule has 0 radical (unpaired) electrons. The lowest BCUT2D eigenvalue weighted by Gasteiger charge is -2.18. The Kier molecular flexibility index (Phi) is 4.12. The topological polar surface area (TPSA) is 61.4 Å². The molecule has 1 aliphatic rings. The quantitative estimate of drug-likeness (QED) is 0.686. The Morgan fingerprint density at radius 1 is 1.14 bits per heavy atom. The molecule has 4 nitrogen and oxygen atoms in total. The van der Waals surface area contributed by atoms with Gasteiger partial charge in [-0.2, -0.15) is 0 Å². The van der Waals surface area contributed by atoms with Crippen molar-refractivity contribution in [2.24, 2.45) is 0 Å². The second kappa shape index (κ2) is 6.03. The Balaban J connectivity index is 1.72. The van der Waals surface area contributed by atoms with E-state index in [1.807, 2.05) is 48.5 Å². The van der Waals surface area contributed by atoms with Crippen molar-refractivity contribution in [3.63, 3.8) is 0 Å². The van der Waals surface area contributed by atoms with Gasteiger partial charge in [-0.1, -0.05) is 36.4 Å². The van der Waals surface area contributed by atoms with Gasteiger partial charge in [-0.25, -0.2) is 4.79 Å². The van der Waals surface area contributed by atoms with Crippen LogP contribution in [0.15, 0.2) is 48.5 Å². The van der Waals surface area contributed by atoms with Crippen LogP contribution in [-0.2, 0) is 6.42 Å². The van der Waals surface area contributed by atoms with Crippen LogP contribution in [0.25, 0.3) is 0 Å². The first-order valence-corrected chi connectivity index (χ1v) is 7.81. The molecule has 0 fully saturated rings. The predicted molar refractivity (Wildman–Crippen MR) is 90.2 cm³/mol. The molecule has 1 aliphatic carbocycles. The third kappa shape index (κ3) is 3.03. The summed E-state index contributed by atoms with van der Waals surface area (Å²) in [4.78, 5) is 12.1. The van der Waals surface area contributed by atoms with E-state index in [1.165, 1.54) is 0 Å². The zero-order valence-electron chi connectivity index (χ0n) is 11.2. The Morgan fingerprint density at radius 2 is 1.86 bits per heavy atom. The average molecular weight is 394 g/mol. The van der Waals surface area contributed by atoms with Gasteiger partial charge >= 0.3 is 6.03 Å². The summed E-state index contributed by atoms with van der Waals surface area (Å²) in [6, 6.07) is 14.7. The van der Waals surface area contributed by atoms with E-state index in [9.17, 15) is 9.90 Å². The highest BCUT2D eigenvalue weighted by Gasteiger charge is 2.31. The fraction of sp³-hybridized carbons (Fsp3) is 0.188. The molecule has 2 aromatic carbocycles. The Labute approximate surface area is 136 Å². The molecule has 2 amide bonds. The van der Waals surface area contributed by atoms with Crippen molar-refractivity contribution in [2.45, 2.75) is 18.6 Å². The molecule has 5 heteroatoms.